The van der Waals surface area contributed by atoms with Crippen LogP contribution >= 0.6 is 0 Å². The third-order valence-corrected chi connectivity index (χ3v) is 7.88. The van der Waals surface area contributed by atoms with Crippen molar-refractivity contribution in [3.8, 4) is 0 Å². The topological polar surface area (TPSA) is 60.9 Å². The first-order chi connectivity index (χ1) is 18.1. The molecule has 0 N–H and O–H groups in total. The van der Waals surface area contributed by atoms with Crippen molar-refractivity contribution in [2.75, 3.05) is 32.7 Å². The summed E-state index contributed by atoms with van der Waals surface area (Å²) in [7, 11) is 0. The molecule has 38 heavy (non-hydrogen) atoms. The number of hydrogen-bond acceptors (Lipinski definition) is 3. The van der Waals surface area contributed by atoms with Gasteiger partial charge in [-0.15, -0.1) is 0 Å². The summed E-state index contributed by atoms with van der Waals surface area (Å²) in [4.78, 5) is 44.3. The number of benzene rings is 1. The fourth-order valence-corrected chi connectivity index (χ4v) is 5.79. The predicted octanol–water partition coefficient (Wildman–Crippen LogP) is 3.40. The standard InChI is InChI=1S/C26H30N3O3.C5H5.Fe/c30-24(10-9-19-5-1-2-6-19)27-14-11-21(12-15-27)26(32)28-17-23-22-8-4-3-7-20(22)13-16-29(23)25(31)18-28;1-2-4-5-3-1;/h1-8,21,23H,9-18H2;1-5H;/q;;+2. The average Bonchev–Trinajstić information content (AvgIpc) is 3.69. The second-order valence-electron chi connectivity index (χ2n) is 10.2. The van der Waals surface area contributed by atoms with Crippen molar-refractivity contribution in [2.24, 2.45) is 5.92 Å². The Morgan fingerprint density at radius 2 is 1.50 bits per heavy atom. The van der Waals surface area contributed by atoms with Gasteiger partial charge < -0.3 is 14.7 Å². The van der Waals surface area contributed by atoms with E-state index >= 15 is 0 Å². The van der Waals surface area contributed by atoms with Gasteiger partial charge in [-0.05, 0) is 101 Å². The Labute approximate surface area is 239 Å². The number of nitrogens with zero attached hydrogens (tertiary/aromatic N) is 3. The largest absolute Gasteiger partial charge is 2.00 e. The van der Waals surface area contributed by atoms with Gasteiger partial charge in [0.2, 0.25) is 17.7 Å². The van der Waals surface area contributed by atoms with E-state index in [1.54, 1.807) is 4.90 Å². The zero-order valence-electron chi connectivity index (χ0n) is 21.7. The summed E-state index contributed by atoms with van der Waals surface area (Å²) in [6.07, 6.45) is 21.6. The second-order valence-corrected chi connectivity index (χ2v) is 10.2. The van der Waals surface area contributed by atoms with Crippen molar-refractivity contribution >= 4 is 17.7 Å². The summed E-state index contributed by atoms with van der Waals surface area (Å²) < 4.78 is 0. The van der Waals surface area contributed by atoms with Gasteiger partial charge in [0.1, 0.15) is 0 Å². The summed E-state index contributed by atoms with van der Waals surface area (Å²) in [6, 6.07) is 8.23. The minimum Gasteiger partial charge on any atom is -0.343 e. The van der Waals surface area contributed by atoms with E-state index in [0.717, 1.165) is 19.4 Å². The van der Waals surface area contributed by atoms with Gasteiger partial charge in [0, 0.05) is 38.5 Å². The van der Waals surface area contributed by atoms with E-state index in [9.17, 15) is 14.4 Å². The van der Waals surface area contributed by atoms with Crippen molar-refractivity contribution in [3.05, 3.63) is 99.1 Å². The van der Waals surface area contributed by atoms with Gasteiger partial charge in [0.15, 0.2) is 0 Å². The summed E-state index contributed by atoms with van der Waals surface area (Å²) in [5.74, 6) is 1.37. The van der Waals surface area contributed by atoms with Gasteiger partial charge >= 0.3 is 17.1 Å². The SMILES string of the molecule is O=C(CC[C]1[CH][CH][CH][CH]1)N1CCC(C(=O)N2CC(=O)N3CCc4ccccc4C3C2)CC1.[CH]1[CH][CH][CH][CH]1.[Fe+2]. The molecule has 0 aromatic heterocycles. The molecule has 7 heteroatoms. The molecular weight excluding hydrogens is 518 g/mol. The molecule has 0 bridgehead atoms. The van der Waals surface area contributed by atoms with E-state index in [0.29, 0.717) is 38.9 Å². The quantitative estimate of drug-likeness (QED) is 0.538. The Bertz CT molecular complexity index is 944. The van der Waals surface area contributed by atoms with Gasteiger partial charge in [-0.1, -0.05) is 24.3 Å². The average molecular weight is 553 g/mol. The molecule has 2 saturated carbocycles. The van der Waals surface area contributed by atoms with Gasteiger partial charge in [0.25, 0.3) is 0 Å². The smallest absolute Gasteiger partial charge is 0.343 e. The zero-order valence-corrected chi connectivity index (χ0v) is 22.8. The normalized spacial score (nSPS) is 23.7. The Hall–Kier alpha value is -1.85. The predicted molar refractivity (Wildman–Crippen MR) is 142 cm³/mol. The van der Waals surface area contributed by atoms with Crippen LogP contribution in [0.2, 0.25) is 0 Å². The van der Waals surface area contributed by atoms with Crippen molar-refractivity contribution < 1.29 is 31.5 Å². The van der Waals surface area contributed by atoms with Crippen LogP contribution in [0.25, 0.3) is 0 Å². The number of carbonyl (C=O) groups excluding carboxylic acids is 3. The number of fused-ring (bicyclic) bond motifs is 3. The minimum absolute atomic E-state index is 0. The molecule has 1 unspecified atom stereocenters. The number of piperazine rings is 1. The van der Waals surface area contributed by atoms with E-state index in [2.05, 4.69) is 12.1 Å². The van der Waals surface area contributed by atoms with Crippen LogP contribution < -0.4 is 0 Å². The number of likely N-dealkylation sites (tertiary alicyclic amines) is 1. The summed E-state index contributed by atoms with van der Waals surface area (Å²) in [5, 5.41) is 0. The van der Waals surface area contributed by atoms with E-state index in [1.165, 1.54) is 17.0 Å². The third kappa shape index (κ3) is 7.01. The third-order valence-electron chi connectivity index (χ3n) is 7.88. The van der Waals surface area contributed by atoms with Crippen LogP contribution in [0.3, 0.4) is 0 Å². The molecule has 5 aliphatic rings. The van der Waals surface area contributed by atoms with Crippen LogP contribution in [-0.4, -0.2) is 65.1 Å². The summed E-state index contributed by atoms with van der Waals surface area (Å²) in [5.41, 5.74) is 2.46. The summed E-state index contributed by atoms with van der Waals surface area (Å²) >= 11 is 0. The molecule has 2 saturated heterocycles. The molecule has 3 amide bonds. The maximum Gasteiger partial charge on any atom is 2.00 e. The number of hydrogen-bond donors (Lipinski definition) is 0. The maximum atomic E-state index is 13.3. The zero-order chi connectivity index (χ0) is 25.6. The molecule has 6 nitrogen and oxygen atoms in total. The first-order valence-electron chi connectivity index (χ1n) is 13.4. The van der Waals surface area contributed by atoms with E-state index < -0.39 is 0 Å². The van der Waals surface area contributed by atoms with Gasteiger partial charge in [-0.2, -0.15) is 0 Å². The number of piperidine rings is 1. The first kappa shape index (κ1) is 29.1. The number of amides is 3. The van der Waals surface area contributed by atoms with Gasteiger partial charge in [-0.3, -0.25) is 14.4 Å². The Morgan fingerprint density at radius 1 is 0.842 bits per heavy atom. The van der Waals surface area contributed by atoms with E-state index in [-0.39, 0.29) is 53.3 Å². The van der Waals surface area contributed by atoms with Gasteiger partial charge in [-0.25, -0.2) is 0 Å². The Morgan fingerprint density at radius 3 is 2.18 bits per heavy atom. The molecule has 1 aromatic rings. The Kier molecular flexibility index (Phi) is 10.7. The van der Waals surface area contributed by atoms with Crippen LogP contribution in [0.15, 0.2) is 24.3 Å². The van der Waals surface area contributed by atoms with Crippen molar-refractivity contribution in [3.63, 3.8) is 0 Å². The van der Waals surface area contributed by atoms with Crippen LogP contribution in [0, 0.1) is 69.6 Å². The molecule has 2 aliphatic carbocycles. The van der Waals surface area contributed by atoms with Crippen molar-refractivity contribution in [2.45, 2.75) is 38.1 Å². The maximum absolute atomic E-state index is 13.3. The van der Waals surface area contributed by atoms with Crippen molar-refractivity contribution in [1.82, 2.24) is 14.7 Å². The molecule has 198 valence electrons. The molecular formula is C31H35FeN3O3+2. The fraction of sp³-hybridized carbons (Fsp3) is 0.387. The fourth-order valence-electron chi connectivity index (χ4n) is 5.79. The molecule has 1 atom stereocenters. The second kappa shape index (κ2) is 14.0. The molecule has 6 rings (SSSR count). The molecule has 3 heterocycles. The minimum atomic E-state index is -0.104. The molecule has 1 aromatic carbocycles. The van der Waals surface area contributed by atoms with Crippen molar-refractivity contribution in [1.29, 1.82) is 0 Å². The van der Waals surface area contributed by atoms with E-state index in [1.807, 2.05) is 79.7 Å². The van der Waals surface area contributed by atoms with Crippen LogP contribution in [0.4, 0.5) is 0 Å². The van der Waals surface area contributed by atoms with Crippen LogP contribution in [-0.2, 0) is 37.9 Å². The van der Waals surface area contributed by atoms with E-state index in [4.69, 9.17) is 0 Å². The van der Waals surface area contributed by atoms with Gasteiger partial charge in [0.05, 0.1) is 12.6 Å². The van der Waals surface area contributed by atoms with Crippen LogP contribution in [0.5, 0.6) is 0 Å². The first-order valence-corrected chi connectivity index (χ1v) is 13.4. The number of rotatable bonds is 4. The molecule has 0 spiro atoms. The van der Waals surface area contributed by atoms with Crippen LogP contribution in [0.1, 0.15) is 42.9 Å². The molecule has 10 radical (unpaired) electrons. The summed E-state index contributed by atoms with van der Waals surface area (Å²) in [6.45, 7) is 2.72. The molecule has 3 aliphatic heterocycles. The number of carbonyl (C=O) groups is 3. The molecule has 4 fully saturated rings. The Balaban J connectivity index is 0.000000504. The monoisotopic (exact) mass is 553 g/mol.